The first-order valence-corrected chi connectivity index (χ1v) is 19.4. The first-order valence-electron chi connectivity index (χ1n) is 18.5. The Morgan fingerprint density at radius 2 is 1.22 bits per heavy atom. The summed E-state index contributed by atoms with van der Waals surface area (Å²) in [5.74, 6) is 3.94. The van der Waals surface area contributed by atoms with Gasteiger partial charge in [0.05, 0.1) is 52.1 Å². The van der Waals surface area contributed by atoms with Crippen LogP contribution in [0.1, 0.15) is 83.9 Å². The van der Waals surface area contributed by atoms with Gasteiger partial charge >= 0.3 is 0 Å². The minimum atomic E-state index is 0.288. The molecule has 0 fully saturated rings. The lowest BCUT2D eigenvalue weighted by Crippen LogP contribution is -2.24. The summed E-state index contributed by atoms with van der Waals surface area (Å²) in [5.41, 5.74) is 11.3. The molecule has 7 nitrogen and oxygen atoms in total. The molecule has 4 aromatic heterocycles. The van der Waals surface area contributed by atoms with Crippen LogP contribution in [-0.2, 0) is 12.8 Å². The summed E-state index contributed by atoms with van der Waals surface area (Å²) in [4.78, 5) is 15.2. The highest BCUT2D eigenvalue weighted by Crippen LogP contribution is 2.42. The molecule has 54 heavy (non-hydrogen) atoms. The number of allylic oxidation sites excluding steroid dienone is 2. The van der Waals surface area contributed by atoms with Crippen LogP contribution in [0.25, 0.3) is 34.4 Å². The average molecular weight is 727 g/mol. The lowest BCUT2D eigenvalue weighted by atomic mass is 9.73. The Kier molecular flexibility index (Phi) is 11.0. The highest BCUT2D eigenvalue weighted by molar-refractivity contribution is 7.09. The smallest absolute Gasteiger partial charge is 0.140 e. The summed E-state index contributed by atoms with van der Waals surface area (Å²) < 4.78 is 5.42. The van der Waals surface area contributed by atoms with E-state index in [9.17, 15) is 10.5 Å². The quantitative estimate of drug-likeness (QED) is 0.168. The van der Waals surface area contributed by atoms with Crippen LogP contribution in [0.2, 0.25) is 0 Å². The number of rotatable bonds is 6. The molecule has 0 N–H and O–H groups in total. The Bertz CT molecular complexity index is 2190. The molecule has 0 aliphatic heterocycles. The van der Waals surface area contributed by atoms with E-state index < -0.39 is 0 Å². The molecule has 0 saturated carbocycles. The molecule has 2 aliphatic carbocycles. The normalized spacial score (nSPS) is 21.7. The van der Waals surface area contributed by atoms with E-state index in [1.54, 1.807) is 11.3 Å². The zero-order chi connectivity index (χ0) is 37.6. The van der Waals surface area contributed by atoms with Gasteiger partial charge in [0.15, 0.2) is 0 Å². The summed E-state index contributed by atoms with van der Waals surface area (Å²) in [7, 11) is 0. The highest BCUT2D eigenvalue weighted by atomic mass is 32.1. The highest BCUT2D eigenvalue weighted by Gasteiger charge is 2.33. The third-order valence-electron chi connectivity index (χ3n) is 11.2. The number of thiazole rings is 1. The second-order valence-electron chi connectivity index (χ2n) is 14.5. The van der Waals surface area contributed by atoms with Crippen molar-refractivity contribution in [3.05, 3.63) is 153 Å². The summed E-state index contributed by atoms with van der Waals surface area (Å²) in [6.07, 6.45) is 16.2. The molecule has 8 rings (SSSR count). The number of nitrogens with zero attached hydrogens (tertiary/aromatic N) is 6. The fourth-order valence-electron chi connectivity index (χ4n) is 7.54. The molecule has 0 bridgehead atoms. The Hall–Kier alpha value is -5.96. The molecule has 2 aliphatic rings. The first-order chi connectivity index (χ1) is 26.3. The van der Waals surface area contributed by atoms with Crippen molar-refractivity contribution in [2.75, 3.05) is 0 Å². The average Bonchev–Trinajstić information content (AvgIpc) is 3.88. The van der Waals surface area contributed by atoms with Gasteiger partial charge in [-0.15, -0.1) is 11.3 Å². The molecular weight excluding hydrogens is 685 g/mol. The van der Waals surface area contributed by atoms with Gasteiger partial charge in [-0.1, -0.05) is 93.5 Å². The van der Waals surface area contributed by atoms with Crippen molar-refractivity contribution in [2.24, 2.45) is 23.7 Å². The maximum absolute atomic E-state index is 9.28. The van der Waals surface area contributed by atoms with Crippen molar-refractivity contribution in [2.45, 2.75) is 52.4 Å². The summed E-state index contributed by atoms with van der Waals surface area (Å²) in [6, 6.07) is 27.7. The molecule has 2 aromatic carbocycles. The molecular formula is C46H42N6OS. The number of aromatic nitrogens is 4. The van der Waals surface area contributed by atoms with Gasteiger partial charge in [0.1, 0.15) is 5.76 Å². The number of hydrogen-bond acceptors (Lipinski definition) is 8. The van der Waals surface area contributed by atoms with Gasteiger partial charge in [-0.25, -0.2) is 4.98 Å². The van der Waals surface area contributed by atoms with E-state index in [0.717, 1.165) is 52.2 Å². The van der Waals surface area contributed by atoms with E-state index in [0.29, 0.717) is 40.7 Å². The minimum Gasteiger partial charge on any atom is -0.361 e. The molecule has 0 saturated heterocycles. The SMILES string of the molecule is C[C@H]1[C@H](/C=C/c2ccc(-c3ccccc3C#N)cn2)c2cnoc2C[C@@H]1C.C[C@H]1[C@H](/C=C/c2ccc(-c3ccccc3C#N)cn2)c2ncsc2C[C@@H]1C. The molecule has 6 aromatic rings. The van der Waals surface area contributed by atoms with E-state index in [1.807, 2.05) is 96.9 Å². The number of hydrogen-bond donors (Lipinski definition) is 0. The molecule has 0 amide bonds. The number of nitriles is 2. The van der Waals surface area contributed by atoms with Crippen LogP contribution < -0.4 is 0 Å². The predicted molar refractivity (Wildman–Crippen MR) is 215 cm³/mol. The van der Waals surface area contributed by atoms with Gasteiger partial charge in [0, 0.05) is 63.3 Å². The minimum absolute atomic E-state index is 0.288. The van der Waals surface area contributed by atoms with E-state index in [1.165, 1.54) is 16.1 Å². The number of pyridine rings is 2. The monoisotopic (exact) mass is 726 g/mol. The molecule has 0 radical (unpaired) electrons. The van der Waals surface area contributed by atoms with Crippen LogP contribution in [0, 0.1) is 46.3 Å². The van der Waals surface area contributed by atoms with Crippen molar-refractivity contribution in [3.63, 3.8) is 0 Å². The Balaban J connectivity index is 0.000000167. The van der Waals surface area contributed by atoms with Gasteiger partial charge in [-0.05, 0) is 66.5 Å². The van der Waals surface area contributed by atoms with E-state index in [2.05, 4.69) is 84.2 Å². The van der Waals surface area contributed by atoms with Crippen LogP contribution in [0.5, 0.6) is 0 Å². The van der Waals surface area contributed by atoms with Gasteiger partial charge in [0.2, 0.25) is 0 Å². The largest absolute Gasteiger partial charge is 0.361 e. The second-order valence-corrected chi connectivity index (χ2v) is 15.4. The standard InChI is InChI=1S/C23H21N3O.C23H21N3S/c1-15-11-23-22(14-26-27-23)20(16(15)2)10-9-19-8-7-18(13-25-19)21-6-4-3-5-17(21)12-24;1-15-11-22-23(26-14-27-22)20(16(15)2)10-9-19-8-7-18(13-25-19)21-6-4-3-5-17(21)12-24/h2*3-10,13-16,20H,11H2,1-2H3/b2*10-9+/t2*15-,16+,20-/m00/s1. The summed E-state index contributed by atoms with van der Waals surface area (Å²) in [6.45, 7) is 9.19. The molecule has 0 spiro atoms. The molecule has 6 atom stereocenters. The van der Waals surface area contributed by atoms with Crippen LogP contribution in [0.4, 0.5) is 0 Å². The van der Waals surface area contributed by atoms with Crippen LogP contribution in [-0.4, -0.2) is 20.1 Å². The van der Waals surface area contributed by atoms with E-state index >= 15 is 0 Å². The fraction of sp³-hybridized carbons (Fsp3) is 0.261. The van der Waals surface area contributed by atoms with Crippen molar-refractivity contribution >= 4 is 23.5 Å². The topological polar surface area (TPSA) is 112 Å². The lowest BCUT2D eigenvalue weighted by Gasteiger charge is -2.31. The zero-order valence-electron chi connectivity index (χ0n) is 30.9. The van der Waals surface area contributed by atoms with Crippen LogP contribution >= 0.6 is 11.3 Å². The van der Waals surface area contributed by atoms with Gasteiger partial charge in [-0.3, -0.25) is 9.97 Å². The van der Waals surface area contributed by atoms with E-state index in [-0.39, 0.29) is 5.92 Å². The van der Waals surface area contributed by atoms with Crippen molar-refractivity contribution in [1.82, 2.24) is 20.1 Å². The maximum atomic E-state index is 9.28. The molecule has 268 valence electrons. The summed E-state index contributed by atoms with van der Waals surface area (Å²) in [5, 5.41) is 22.6. The number of fused-ring (bicyclic) bond motifs is 2. The second kappa shape index (κ2) is 16.4. The Morgan fingerprint density at radius 1 is 0.667 bits per heavy atom. The van der Waals surface area contributed by atoms with Crippen LogP contribution in [0.15, 0.2) is 114 Å². The maximum Gasteiger partial charge on any atom is 0.140 e. The Morgan fingerprint density at radius 3 is 1.80 bits per heavy atom. The first kappa shape index (κ1) is 36.4. The number of benzene rings is 2. The van der Waals surface area contributed by atoms with Gasteiger partial charge in [0.25, 0.3) is 0 Å². The van der Waals surface area contributed by atoms with Gasteiger partial charge in [-0.2, -0.15) is 10.5 Å². The zero-order valence-corrected chi connectivity index (χ0v) is 31.7. The van der Waals surface area contributed by atoms with Gasteiger partial charge < -0.3 is 4.52 Å². The van der Waals surface area contributed by atoms with Crippen molar-refractivity contribution in [1.29, 1.82) is 10.5 Å². The third kappa shape index (κ3) is 7.71. The van der Waals surface area contributed by atoms with Crippen molar-refractivity contribution in [3.8, 4) is 34.4 Å². The van der Waals surface area contributed by atoms with E-state index in [4.69, 9.17) is 4.52 Å². The Labute approximate surface area is 321 Å². The third-order valence-corrected chi connectivity index (χ3v) is 12.1. The van der Waals surface area contributed by atoms with Crippen LogP contribution in [0.3, 0.4) is 0 Å². The lowest BCUT2D eigenvalue weighted by molar-refractivity contribution is 0.283. The summed E-state index contributed by atoms with van der Waals surface area (Å²) >= 11 is 1.77. The van der Waals surface area contributed by atoms with Crippen molar-refractivity contribution < 1.29 is 4.52 Å². The molecule has 8 heteroatoms. The fourth-order valence-corrected chi connectivity index (χ4v) is 8.50. The predicted octanol–water partition coefficient (Wildman–Crippen LogP) is 10.9. The molecule has 0 unspecified atom stereocenters. The molecule has 4 heterocycles.